The average molecular weight is 221 g/mol. The van der Waals surface area contributed by atoms with Crippen molar-refractivity contribution in [2.24, 2.45) is 5.92 Å². The van der Waals surface area contributed by atoms with Gasteiger partial charge in [-0.15, -0.1) is 0 Å². The molecule has 0 fully saturated rings. The van der Waals surface area contributed by atoms with E-state index in [1.165, 1.54) is 0 Å². The minimum absolute atomic E-state index is 0.560. The number of nitrogen functional groups attached to an aromatic ring is 1. The molecule has 0 radical (unpaired) electrons. The normalized spacial score (nSPS) is 13.0. The molecule has 0 aliphatic carbocycles. The lowest BCUT2D eigenvalue weighted by Crippen LogP contribution is -2.34. The fourth-order valence-corrected chi connectivity index (χ4v) is 1.89. The monoisotopic (exact) mass is 221 g/mol. The van der Waals surface area contributed by atoms with Crippen molar-refractivity contribution in [1.82, 2.24) is 10.3 Å². The minimum Gasteiger partial charge on any atom is -0.398 e. The van der Waals surface area contributed by atoms with Crippen molar-refractivity contribution in [1.29, 1.82) is 0 Å². The van der Waals surface area contributed by atoms with Gasteiger partial charge in [0.1, 0.15) is 0 Å². The fraction of sp³-hybridized carbons (Fsp3) is 0.615. The third-order valence-electron chi connectivity index (χ3n) is 2.94. The van der Waals surface area contributed by atoms with Gasteiger partial charge in [-0.3, -0.25) is 4.98 Å². The van der Waals surface area contributed by atoms with Crippen molar-refractivity contribution in [3.63, 3.8) is 0 Å². The maximum absolute atomic E-state index is 5.90. The molecule has 16 heavy (non-hydrogen) atoms. The standard InChI is InChI=1S/C13H23N3/c1-4-16-13(10(2)3)6-5-11-9-15-8-7-12(11)14/h7-10,13,16H,4-6H2,1-3H3,(H2,14,15). The molecule has 0 bridgehead atoms. The first-order valence-corrected chi connectivity index (χ1v) is 6.06. The van der Waals surface area contributed by atoms with E-state index in [0.717, 1.165) is 30.6 Å². The van der Waals surface area contributed by atoms with E-state index in [-0.39, 0.29) is 0 Å². The average Bonchev–Trinajstić information content (AvgIpc) is 2.26. The smallest absolute Gasteiger partial charge is 0.0377 e. The van der Waals surface area contributed by atoms with E-state index in [4.69, 9.17) is 5.73 Å². The van der Waals surface area contributed by atoms with Gasteiger partial charge in [0.25, 0.3) is 0 Å². The molecule has 1 unspecified atom stereocenters. The van der Waals surface area contributed by atoms with E-state index in [2.05, 4.69) is 31.1 Å². The molecule has 90 valence electrons. The van der Waals surface area contributed by atoms with Crippen LogP contribution in [0.4, 0.5) is 5.69 Å². The van der Waals surface area contributed by atoms with Crippen LogP contribution in [0.25, 0.3) is 0 Å². The van der Waals surface area contributed by atoms with Crippen LogP contribution < -0.4 is 11.1 Å². The molecule has 1 aromatic heterocycles. The number of nitrogens with zero attached hydrogens (tertiary/aromatic N) is 1. The summed E-state index contributed by atoms with van der Waals surface area (Å²) in [7, 11) is 0. The summed E-state index contributed by atoms with van der Waals surface area (Å²) < 4.78 is 0. The molecule has 0 aliphatic heterocycles. The number of anilines is 1. The molecule has 1 heterocycles. The summed E-state index contributed by atoms with van der Waals surface area (Å²) in [5.74, 6) is 0.651. The molecule has 0 saturated carbocycles. The zero-order valence-electron chi connectivity index (χ0n) is 10.5. The van der Waals surface area contributed by atoms with E-state index < -0.39 is 0 Å². The summed E-state index contributed by atoms with van der Waals surface area (Å²) in [6.07, 6.45) is 5.72. The van der Waals surface area contributed by atoms with Gasteiger partial charge in [-0.25, -0.2) is 0 Å². The molecule has 0 spiro atoms. The van der Waals surface area contributed by atoms with Gasteiger partial charge >= 0.3 is 0 Å². The highest BCUT2D eigenvalue weighted by Gasteiger charge is 2.12. The van der Waals surface area contributed by atoms with Crippen LogP contribution in [0.5, 0.6) is 0 Å². The van der Waals surface area contributed by atoms with Crippen LogP contribution >= 0.6 is 0 Å². The van der Waals surface area contributed by atoms with E-state index >= 15 is 0 Å². The Morgan fingerprint density at radius 2 is 2.19 bits per heavy atom. The molecule has 1 atom stereocenters. The van der Waals surface area contributed by atoms with Crippen LogP contribution in [-0.2, 0) is 6.42 Å². The molecule has 0 aromatic carbocycles. The van der Waals surface area contributed by atoms with Gasteiger partial charge < -0.3 is 11.1 Å². The lowest BCUT2D eigenvalue weighted by atomic mass is 9.97. The third kappa shape index (κ3) is 3.81. The highest BCUT2D eigenvalue weighted by Crippen LogP contribution is 2.15. The zero-order chi connectivity index (χ0) is 12.0. The largest absolute Gasteiger partial charge is 0.398 e. The second-order valence-corrected chi connectivity index (χ2v) is 4.52. The number of aryl methyl sites for hydroxylation is 1. The summed E-state index contributed by atoms with van der Waals surface area (Å²) >= 11 is 0. The maximum Gasteiger partial charge on any atom is 0.0377 e. The van der Waals surface area contributed by atoms with E-state index in [1.807, 2.05) is 12.3 Å². The number of rotatable bonds is 6. The molecular formula is C13H23N3. The number of pyridine rings is 1. The molecule has 3 N–H and O–H groups in total. The summed E-state index contributed by atoms with van der Waals surface area (Å²) in [5.41, 5.74) is 7.91. The van der Waals surface area contributed by atoms with Crippen LogP contribution in [0.3, 0.4) is 0 Å². The van der Waals surface area contributed by atoms with Crippen molar-refractivity contribution in [2.45, 2.75) is 39.7 Å². The Morgan fingerprint density at radius 3 is 2.75 bits per heavy atom. The predicted molar refractivity (Wildman–Crippen MR) is 69.3 cm³/mol. The van der Waals surface area contributed by atoms with Gasteiger partial charge in [0, 0.05) is 24.1 Å². The lowest BCUT2D eigenvalue weighted by molar-refractivity contribution is 0.385. The van der Waals surface area contributed by atoms with Crippen LogP contribution in [0.1, 0.15) is 32.8 Å². The Morgan fingerprint density at radius 1 is 1.44 bits per heavy atom. The van der Waals surface area contributed by atoms with Gasteiger partial charge in [0.2, 0.25) is 0 Å². The topological polar surface area (TPSA) is 50.9 Å². The maximum atomic E-state index is 5.90. The number of hydrogen-bond donors (Lipinski definition) is 2. The summed E-state index contributed by atoms with van der Waals surface area (Å²) in [5, 5.41) is 3.51. The van der Waals surface area contributed by atoms with E-state index in [1.54, 1.807) is 6.20 Å². The Balaban J connectivity index is 2.52. The molecule has 0 amide bonds. The van der Waals surface area contributed by atoms with Crippen molar-refractivity contribution in [2.75, 3.05) is 12.3 Å². The summed E-state index contributed by atoms with van der Waals surface area (Å²) in [4.78, 5) is 4.11. The Hall–Kier alpha value is -1.09. The van der Waals surface area contributed by atoms with Crippen molar-refractivity contribution in [3.8, 4) is 0 Å². The molecule has 1 aromatic rings. The first-order valence-electron chi connectivity index (χ1n) is 6.06. The summed E-state index contributed by atoms with van der Waals surface area (Å²) in [6, 6.07) is 2.43. The minimum atomic E-state index is 0.560. The Kier molecular flexibility index (Phi) is 5.26. The second kappa shape index (κ2) is 6.48. The zero-order valence-corrected chi connectivity index (χ0v) is 10.5. The number of aromatic nitrogens is 1. The highest BCUT2D eigenvalue weighted by molar-refractivity contribution is 5.44. The first-order chi connectivity index (χ1) is 7.65. The van der Waals surface area contributed by atoms with Crippen LogP contribution in [-0.4, -0.2) is 17.6 Å². The Bertz CT molecular complexity index is 310. The van der Waals surface area contributed by atoms with Crippen molar-refractivity contribution < 1.29 is 0 Å². The molecule has 0 aliphatic rings. The van der Waals surface area contributed by atoms with E-state index in [0.29, 0.717) is 12.0 Å². The third-order valence-corrected chi connectivity index (χ3v) is 2.94. The van der Waals surface area contributed by atoms with Crippen molar-refractivity contribution >= 4 is 5.69 Å². The number of hydrogen-bond acceptors (Lipinski definition) is 3. The SMILES string of the molecule is CCNC(CCc1cnccc1N)C(C)C. The Labute approximate surface area is 98.5 Å². The van der Waals surface area contributed by atoms with Gasteiger partial charge in [0.05, 0.1) is 0 Å². The van der Waals surface area contributed by atoms with E-state index in [9.17, 15) is 0 Å². The lowest BCUT2D eigenvalue weighted by Gasteiger charge is -2.21. The van der Waals surface area contributed by atoms with Crippen LogP contribution in [0.15, 0.2) is 18.5 Å². The predicted octanol–water partition coefficient (Wildman–Crippen LogP) is 2.23. The van der Waals surface area contributed by atoms with Crippen LogP contribution in [0, 0.1) is 5.92 Å². The van der Waals surface area contributed by atoms with Gasteiger partial charge in [-0.05, 0) is 36.9 Å². The number of nitrogens with one attached hydrogen (secondary N) is 1. The molecule has 3 nitrogen and oxygen atoms in total. The van der Waals surface area contributed by atoms with Gasteiger partial charge in [0.15, 0.2) is 0 Å². The summed E-state index contributed by atoms with van der Waals surface area (Å²) in [6.45, 7) is 7.67. The van der Waals surface area contributed by atoms with Crippen molar-refractivity contribution in [3.05, 3.63) is 24.0 Å². The fourth-order valence-electron chi connectivity index (χ4n) is 1.89. The molecule has 1 rings (SSSR count). The second-order valence-electron chi connectivity index (χ2n) is 4.52. The molecule has 3 heteroatoms. The molecular weight excluding hydrogens is 198 g/mol. The quantitative estimate of drug-likeness (QED) is 0.774. The first kappa shape index (κ1) is 13.0. The van der Waals surface area contributed by atoms with Crippen LogP contribution in [0.2, 0.25) is 0 Å². The van der Waals surface area contributed by atoms with Gasteiger partial charge in [-0.2, -0.15) is 0 Å². The highest BCUT2D eigenvalue weighted by atomic mass is 14.9. The number of nitrogens with two attached hydrogens (primary N) is 1. The molecule has 0 saturated heterocycles. The van der Waals surface area contributed by atoms with Gasteiger partial charge in [-0.1, -0.05) is 20.8 Å².